The summed E-state index contributed by atoms with van der Waals surface area (Å²) in [5.41, 5.74) is 6.98. The van der Waals surface area contributed by atoms with Crippen LogP contribution >= 0.6 is 0 Å². The van der Waals surface area contributed by atoms with Crippen LogP contribution in [0, 0.1) is 0 Å². The first-order valence-electron chi connectivity index (χ1n) is 5.88. The van der Waals surface area contributed by atoms with Crippen molar-refractivity contribution in [1.29, 1.82) is 0 Å². The van der Waals surface area contributed by atoms with E-state index in [4.69, 9.17) is 5.73 Å². The maximum Gasteiger partial charge on any atom is 0.0657 e. The van der Waals surface area contributed by atoms with Crippen molar-refractivity contribution in [3.05, 3.63) is 30.3 Å². The lowest BCUT2D eigenvalue weighted by Gasteiger charge is -2.22. The lowest BCUT2D eigenvalue weighted by molar-refractivity contribution is 0.646. The summed E-state index contributed by atoms with van der Waals surface area (Å²) < 4.78 is 0. The molecule has 0 amide bonds. The van der Waals surface area contributed by atoms with Crippen molar-refractivity contribution in [1.82, 2.24) is 0 Å². The highest BCUT2D eigenvalue weighted by Gasteiger charge is 2.02. The monoisotopic (exact) mass is 206 g/mol. The molecule has 2 N–H and O–H groups in total. The minimum Gasteiger partial charge on any atom is -0.359 e. The van der Waals surface area contributed by atoms with Crippen LogP contribution in [0.1, 0.15) is 32.6 Å². The Morgan fingerprint density at radius 3 is 2.40 bits per heavy atom. The van der Waals surface area contributed by atoms with Crippen molar-refractivity contribution >= 4 is 5.69 Å². The molecule has 0 aliphatic rings. The Balaban J connectivity index is 2.36. The third kappa shape index (κ3) is 4.34. The molecular formula is C13H22N2. The van der Waals surface area contributed by atoms with Crippen LogP contribution in [0.5, 0.6) is 0 Å². The van der Waals surface area contributed by atoms with E-state index >= 15 is 0 Å². The van der Waals surface area contributed by atoms with E-state index in [0.29, 0.717) is 6.67 Å². The molecule has 2 heteroatoms. The largest absolute Gasteiger partial charge is 0.359 e. The Kier molecular flexibility index (Phi) is 5.86. The van der Waals surface area contributed by atoms with Gasteiger partial charge in [-0.3, -0.25) is 0 Å². The molecule has 0 atom stereocenters. The maximum absolute atomic E-state index is 5.75. The molecule has 0 unspecified atom stereocenters. The Morgan fingerprint density at radius 1 is 1.07 bits per heavy atom. The van der Waals surface area contributed by atoms with Gasteiger partial charge >= 0.3 is 0 Å². The third-order valence-electron chi connectivity index (χ3n) is 2.62. The van der Waals surface area contributed by atoms with Crippen LogP contribution in [-0.4, -0.2) is 13.2 Å². The van der Waals surface area contributed by atoms with Gasteiger partial charge in [0.25, 0.3) is 0 Å². The maximum atomic E-state index is 5.75. The van der Waals surface area contributed by atoms with E-state index in [2.05, 4.69) is 36.1 Å². The van der Waals surface area contributed by atoms with Gasteiger partial charge in [0.15, 0.2) is 0 Å². The summed E-state index contributed by atoms with van der Waals surface area (Å²) in [6.45, 7) is 3.91. The quantitative estimate of drug-likeness (QED) is 0.549. The summed E-state index contributed by atoms with van der Waals surface area (Å²) in [7, 11) is 0. The molecule has 2 nitrogen and oxygen atoms in total. The van der Waals surface area contributed by atoms with E-state index in [9.17, 15) is 0 Å². The average molecular weight is 206 g/mol. The number of hydrogen-bond acceptors (Lipinski definition) is 2. The van der Waals surface area contributed by atoms with Crippen LogP contribution in [0.3, 0.4) is 0 Å². The fourth-order valence-corrected chi connectivity index (χ4v) is 1.69. The zero-order valence-corrected chi connectivity index (χ0v) is 9.65. The van der Waals surface area contributed by atoms with Crippen molar-refractivity contribution in [2.24, 2.45) is 5.73 Å². The summed E-state index contributed by atoms with van der Waals surface area (Å²) >= 11 is 0. The standard InChI is InChI=1S/C13H22N2/c1-2-3-4-8-11-15(12-14)13-9-6-5-7-10-13/h5-7,9-10H,2-4,8,11-12,14H2,1H3. The lowest BCUT2D eigenvalue weighted by Crippen LogP contribution is -2.30. The summed E-state index contributed by atoms with van der Waals surface area (Å²) in [5, 5.41) is 0. The van der Waals surface area contributed by atoms with Crippen molar-refractivity contribution in [3.63, 3.8) is 0 Å². The third-order valence-corrected chi connectivity index (χ3v) is 2.62. The highest BCUT2D eigenvalue weighted by atomic mass is 15.2. The molecule has 1 aromatic carbocycles. The molecule has 1 rings (SSSR count). The predicted octanol–water partition coefficient (Wildman–Crippen LogP) is 2.99. The molecule has 0 aliphatic carbocycles. The van der Waals surface area contributed by atoms with E-state index < -0.39 is 0 Å². The van der Waals surface area contributed by atoms with Gasteiger partial charge in [0.1, 0.15) is 0 Å². The molecule has 0 saturated carbocycles. The zero-order valence-electron chi connectivity index (χ0n) is 9.65. The molecule has 0 saturated heterocycles. The second-order valence-corrected chi connectivity index (χ2v) is 3.84. The number of nitrogens with zero attached hydrogens (tertiary/aromatic N) is 1. The van der Waals surface area contributed by atoms with E-state index in [1.165, 1.54) is 31.4 Å². The second kappa shape index (κ2) is 7.30. The van der Waals surface area contributed by atoms with Gasteiger partial charge in [-0.15, -0.1) is 0 Å². The van der Waals surface area contributed by atoms with Crippen LogP contribution in [0.2, 0.25) is 0 Å². The summed E-state index contributed by atoms with van der Waals surface area (Å²) in [4.78, 5) is 2.23. The number of hydrogen-bond donors (Lipinski definition) is 1. The number of anilines is 1. The molecule has 15 heavy (non-hydrogen) atoms. The van der Waals surface area contributed by atoms with Crippen LogP contribution in [-0.2, 0) is 0 Å². The number of rotatable bonds is 7. The SMILES string of the molecule is CCCCCCN(CN)c1ccccc1. The zero-order chi connectivity index (χ0) is 10.9. The Bertz CT molecular complexity index is 246. The van der Waals surface area contributed by atoms with Gasteiger partial charge in [-0.1, -0.05) is 44.4 Å². The average Bonchev–Trinajstić information content (AvgIpc) is 2.30. The molecule has 0 aliphatic heterocycles. The van der Waals surface area contributed by atoms with Crippen molar-refractivity contribution in [3.8, 4) is 0 Å². The smallest absolute Gasteiger partial charge is 0.0657 e. The Hall–Kier alpha value is -1.02. The normalized spacial score (nSPS) is 10.3. The van der Waals surface area contributed by atoms with Gasteiger partial charge < -0.3 is 10.6 Å². The molecule has 0 spiro atoms. The number of nitrogens with two attached hydrogens (primary N) is 1. The molecular weight excluding hydrogens is 184 g/mol. The van der Waals surface area contributed by atoms with Crippen molar-refractivity contribution in [2.45, 2.75) is 32.6 Å². The number of unbranched alkanes of at least 4 members (excludes halogenated alkanes) is 3. The van der Waals surface area contributed by atoms with E-state index in [1.54, 1.807) is 0 Å². The van der Waals surface area contributed by atoms with Crippen LogP contribution < -0.4 is 10.6 Å². The first-order valence-corrected chi connectivity index (χ1v) is 5.88. The molecule has 84 valence electrons. The summed E-state index contributed by atoms with van der Waals surface area (Å²) in [6.07, 6.45) is 5.15. The molecule has 0 radical (unpaired) electrons. The van der Waals surface area contributed by atoms with Gasteiger partial charge in [-0.25, -0.2) is 0 Å². The van der Waals surface area contributed by atoms with Gasteiger partial charge in [0.05, 0.1) is 6.67 Å². The topological polar surface area (TPSA) is 29.3 Å². The van der Waals surface area contributed by atoms with Gasteiger partial charge in [-0.2, -0.15) is 0 Å². The van der Waals surface area contributed by atoms with Gasteiger partial charge in [-0.05, 0) is 18.6 Å². The minimum atomic E-state index is 0.607. The first-order chi connectivity index (χ1) is 7.38. The predicted molar refractivity (Wildman–Crippen MR) is 67.0 cm³/mol. The highest BCUT2D eigenvalue weighted by molar-refractivity contribution is 5.45. The van der Waals surface area contributed by atoms with Crippen molar-refractivity contribution < 1.29 is 0 Å². The van der Waals surface area contributed by atoms with Crippen molar-refractivity contribution in [2.75, 3.05) is 18.1 Å². The lowest BCUT2D eigenvalue weighted by atomic mass is 10.2. The Morgan fingerprint density at radius 2 is 1.80 bits per heavy atom. The second-order valence-electron chi connectivity index (χ2n) is 3.84. The molecule has 0 heterocycles. The Labute approximate surface area is 93.1 Å². The minimum absolute atomic E-state index is 0.607. The van der Waals surface area contributed by atoms with Gasteiger partial charge in [0, 0.05) is 12.2 Å². The summed E-state index contributed by atoms with van der Waals surface area (Å²) in [5.74, 6) is 0. The van der Waals surface area contributed by atoms with Crippen LogP contribution in [0.15, 0.2) is 30.3 Å². The van der Waals surface area contributed by atoms with E-state index in [1.807, 2.05) is 6.07 Å². The fourth-order valence-electron chi connectivity index (χ4n) is 1.69. The van der Waals surface area contributed by atoms with Crippen LogP contribution in [0.4, 0.5) is 5.69 Å². The number of para-hydroxylation sites is 1. The molecule has 1 aromatic rings. The van der Waals surface area contributed by atoms with E-state index in [-0.39, 0.29) is 0 Å². The summed E-state index contributed by atoms with van der Waals surface area (Å²) in [6, 6.07) is 10.4. The molecule has 0 bridgehead atoms. The molecule has 0 fully saturated rings. The van der Waals surface area contributed by atoms with Gasteiger partial charge in [0.2, 0.25) is 0 Å². The van der Waals surface area contributed by atoms with E-state index in [0.717, 1.165) is 6.54 Å². The number of benzene rings is 1. The first kappa shape index (κ1) is 12.1. The highest BCUT2D eigenvalue weighted by Crippen LogP contribution is 2.13. The molecule has 0 aromatic heterocycles. The van der Waals surface area contributed by atoms with Crippen LogP contribution in [0.25, 0.3) is 0 Å². The fraction of sp³-hybridized carbons (Fsp3) is 0.538.